The van der Waals surface area contributed by atoms with Crippen molar-refractivity contribution < 1.29 is 19.1 Å². The highest BCUT2D eigenvalue weighted by atomic mass is 32.2. The monoisotopic (exact) mass is 550 g/mol. The first-order valence-electron chi connectivity index (χ1n) is 13.0. The number of nitrogens with one attached hydrogen (secondary N) is 4. The average molecular weight is 551 g/mol. The van der Waals surface area contributed by atoms with Crippen LogP contribution in [-0.2, 0) is 9.59 Å². The van der Waals surface area contributed by atoms with Gasteiger partial charge in [0.15, 0.2) is 6.61 Å². The van der Waals surface area contributed by atoms with Crippen LogP contribution in [0.15, 0.2) is 60.9 Å². The summed E-state index contributed by atoms with van der Waals surface area (Å²) in [4.78, 5) is 34.0. The van der Waals surface area contributed by atoms with Gasteiger partial charge in [-0.1, -0.05) is 12.1 Å². The van der Waals surface area contributed by atoms with Gasteiger partial charge in [-0.15, -0.1) is 0 Å². The van der Waals surface area contributed by atoms with Crippen LogP contribution in [0.5, 0.6) is 11.5 Å². The number of hydrogen-bond donors (Lipinski definition) is 4. The van der Waals surface area contributed by atoms with Gasteiger partial charge in [-0.05, 0) is 62.0 Å². The molecule has 4 N–H and O–H groups in total. The fourth-order valence-corrected chi connectivity index (χ4v) is 4.41. The molecule has 0 saturated heterocycles. The second kappa shape index (κ2) is 14.8. The molecule has 1 unspecified atom stereocenters. The van der Waals surface area contributed by atoms with Crippen LogP contribution in [0.1, 0.15) is 25.7 Å². The number of carbonyl (C=O) groups excluding carboxylic acids is 2. The number of hydrogen-bond acceptors (Lipinski definition) is 9. The van der Waals surface area contributed by atoms with Crippen molar-refractivity contribution >= 4 is 46.6 Å². The minimum absolute atomic E-state index is 0.178. The summed E-state index contributed by atoms with van der Waals surface area (Å²) in [5.74, 6) is 2.72. The van der Waals surface area contributed by atoms with Crippen molar-refractivity contribution in [1.29, 1.82) is 0 Å². The maximum Gasteiger partial charge on any atom is 0.258 e. The highest BCUT2D eigenvalue weighted by Gasteiger charge is 2.20. The van der Waals surface area contributed by atoms with E-state index in [-0.39, 0.29) is 18.4 Å². The summed E-state index contributed by atoms with van der Waals surface area (Å²) < 4.78 is 11.6. The quantitative estimate of drug-likeness (QED) is 0.378. The summed E-state index contributed by atoms with van der Waals surface area (Å²) in [5.41, 5.74) is 1.58. The standard InChI is InChI=1S/C28H34N6O4S/c1-39-14-11-24-28(36)29-12-3-2-4-13-37-22-9-5-7-20(15-22)32-25-17-26(31-19-30-25)33-21-8-6-10-23(16-21)38-18-27(35)34-24/h5-10,15-17,19,24H,2-4,11-14,18H2,1H3,(H,29,36)(H,34,35)(H2,30,31,32,33). The van der Waals surface area contributed by atoms with Gasteiger partial charge in [-0.2, -0.15) is 11.8 Å². The van der Waals surface area contributed by atoms with Crippen LogP contribution >= 0.6 is 11.8 Å². The summed E-state index contributed by atoms with van der Waals surface area (Å²) in [6.45, 7) is 0.915. The van der Waals surface area contributed by atoms with Crippen molar-refractivity contribution in [2.24, 2.45) is 0 Å². The summed E-state index contributed by atoms with van der Waals surface area (Å²) in [7, 11) is 0. The van der Waals surface area contributed by atoms with Crippen LogP contribution in [0.4, 0.5) is 23.0 Å². The topological polar surface area (TPSA) is 126 Å². The van der Waals surface area contributed by atoms with E-state index in [0.29, 0.717) is 37.0 Å². The molecule has 0 aliphatic carbocycles. The first-order chi connectivity index (χ1) is 19.1. The Labute approximate surface area is 232 Å². The lowest BCUT2D eigenvalue weighted by Gasteiger charge is -2.18. The third-order valence-electron chi connectivity index (χ3n) is 5.90. The van der Waals surface area contributed by atoms with Crippen molar-refractivity contribution in [2.45, 2.75) is 31.7 Å². The van der Waals surface area contributed by atoms with Crippen LogP contribution in [0.3, 0.4) is 0 Å². The van der Waals surface area contributed by atoms with E-state index >= 15 is 0 Å². The summed E-state index contributed by atoms with van der Waals surface area (Å²) in [5, 5.41) is 12.3. The van der Waals surface area contributed by atoms with E-state index in [1.165, 1.54) is 6.33 Å². The molecule has 0 saturated carbocycles. The number of nitrogens with zero attached hydrogens (tertiary/aromatic N) is 2. The third kappa shape index (κ3) is 9.36. The molecule has 2 heterocycles. The predicted octanol–water partition coefficient (Wildman–Crippen LogP) is 4.26. The summed E-state index contributed by atoms with van der Waals surface area (Å²) in [6, 6.07) is 16.1. The molecule has 1 aliphatic heterocycles. The minimum Gasteiger partial charge on any atom is -0.494 e. The Morgan fingerprint density at radius 1 is 0.897 bits per heavy atom. The van der Waals surface area contributed by atoms with E-state index in [1.54, 1.807) is 30.0 Å². The molecule has 0 fully saturated rings. The van der Waals surface area contributed by atoms with Gasteiger partial charge in [-0.25, -0.2) is 9.97 Å². The molecule has 1 aromatic heterocycles. The van der Waals surface area contributed by atoms with Crippen LogP contribution in [0.25, 0.3) is 0 Å². The fourth-order valence-electron chi connectivity index (χ4n) is 3.94. The van der Waals surface area contributed by atoms with Gasteiger partial charge in [0.1, 0.15) is 35.5 Å². The largest absolute Gasteiger partial charge is 0.494 e. The number of benzene rings is 2. The van der Waals surface area contributed by atoms with Crippen LogP contribution in [-0.4, -0.2) is 59.6 Å². The van der Waals surface area contributed by atoms with Crippen LogP contribution in [0, 0.1) is 0 Å². The van der Waals surface area contributed by atoms with E-state index in [2.05, 4.69) is 31.2 Å². The van der Waals surface area contributed by atoms with Crippen molar-refractivity contribution in [3.63, 3.8) is 0 Å². The lowest BCUT2D eigenvalue weighted by molar-refractivity contribution is -0.130. The summed E-state index contributed by atoms with van der Waals surface area (Å²) in [6.07, 6.45) is 6.58. The normalized spacial score (nSPS) is 17.1. The van der Waals surface area contributed by atoms with E-state index < -0.39 is 6.04 Å². The number of rotatable bonds is 3. The van der Waals surface area contributed by atoms with E-state index in [4.69, 9.17) is 9.47 Å². The van der Waals surface area contributed by atoms with E-state index in [1.807, 2.05) is 42.7 Å². The van der Waals surface area contributed by atoms with Gasteiger partial charge in [0.05, 0.1) is 6.61 Å². The molecule has 1 atom stereocenters. The maximum atomic E-state index is 12.8. The fraction of sp³-hybridized carbons (Fsp3) is 0.357. The van der Waals surface area contributed by atoms with E-state index in [9.17, 15) is 9.59 Å². The third-order valence-corrected chi connectivity index (χ3v) is 6.55. The molecule has 10 nitrogen and oxygen atoms in total. The lowest BCUT2D eigenvalue weighted by atomic mass is 10.2. The molecule has 0 spiro atoms. The average Bonchev–Trinajstić information content (AvgIpc) is 2.93. The number of carbonyl (C=O) groups is 2. The van der Waals surface area contributed by atoms with Gasteiger partial charge in [0, 0.05) is 36.1 Å². The molecule has 4 rings (SSSR count). The van der Waals surface area contributed by atoms with Crippen molar-refractivity contribution in [3.05, 3.63) is 60.9 Å². The van der Waals surface area contributed by atoms with Gasteiger partial charge < -0.3 is 30.7 Å². The second-order valence-electron chi connectivity index (χ2n) is 8.98. The zero-order valence-corrected chi connectivity index (χ0v) is 22.8. The maximum absolute atomic E-state index is 12.8. The molecule has 3 aromatic rings. The smallest absolute Gasteiger partial charge is 0.258 e. The zero-order chi connectivity index (χ0) is 27.3. The SMILES string of the molecule is CSCCC1NC(=O)COc2cccc(c2)Nc2cc(ncn2)Nc2cccc(c2)OCCCCCNC1=O. The van der Waals surface area contributed by atoms with Crippen molar-refractivity contribution in [1.82, 2.24) is 20.6 Å². The number of ether oxygens (including phenoxy) is 2. The molecule has 39 heavy (non-hydrogen) atoms. The van der Waals surface area contributed by atoms with Gasteiger partial charge >= 0.3 is 0 Å². The van der Waals surface area contributed by atoms with Crippen molar-refractivity contribution in [3.8, 4) is 11.5 Å². The molecule has 0 radical (unpaired) electrons. The van der Waals surface area contributed by atoms with E-state index in [0.717, 1.165) is 42.1 Å². The molecule has 206 valence electrons. The number of fused-ring (bicyclic) bond motifs is 6. The molecular weight excluding hydrogens is 516 g/mol. The van der Waals surface area contributed by atoms with Gasteiger partial charge in [0.2, 0.25) is 5.91 Å². The molecular formula is C28H34N6O4S. The highest BCUT2D eigenvalue weighted by Crippen LogP contribution is 2.24. The van der Waals surface area contributed by atoms with Crippen molar-refractivity contribution in [2.75, 3.05) is 42.4 Å². The van der Waals surface area contributed by atoms with Gasteiger partial charge in [-0.3, -0.25) is 9.59 Å². The lowest BCUT2D eigenvalue weighted by Crippen LogP contribution is -2.48. The highest BCUT2D eigenvalue weighted by molar-refractivity contribution is 7.98. The predicted molar refractivity (Wildman–Crippen MR) is 154 cm³/mol. The minimum atomic E-state index is -0.608. The number of aromatic nitrogens is 2. The molecule has 6 bridgehead atoms. The Kier molecular flexibility index (Phi) is 10.6. The Bertz CT molecular complexity index is 1240. The molecule has 2 aromatic carbocycles. The molecule has 11 heteroatoms. The van der Waals surface area contributed by atoms with Crippen LogP contribution in [0.2, 0.25) is 0 Å². The Hall–Kier alpha value is -3.99. The second-order valence-corrected chi connectivity index (χ2v) is 9.97. The Balaban J connectivity index is 1.49. The van der Waals surface area contributed by atoms with Crippen LogP contribution < -0.4 is 30.7 Å². The first-order valence-corrected chi connectivity index (χ1v) is 14.4. The molecule has 2 amide bonds. The number of thioether (sulfide) groups is 1. The zero-order valence-electron chi connectivity index (χ0n) is 21.9. The van der Waals surface area contributed by atoms with Gasteiger partial charge in [0.25, 0.3) is 5.91 Å². The first kappa shape index (κ1) is 28.0. The number of amides is 2. The Morgan fingerprint density at radius 2 is 1.59 bits per heavy atom. The number of anilines is 4. The summed E-state index contributed by atoms with van der Waals surface area (Å²) >= 11 is 1.63. The Morgan fingerprint density at radius 3 is 2.28 bits per heavy atom. The molecule has 1 aliphatic rings.